The molecule has 2 N–H and O–H groups in total. The first-order valence-corrected chi connectivity index (χ1v) is 14.7. The number of halogens is 1. The van der Waals surface area contributed by atoms with Gasteiger partial charge in [-0.15, -0.1) is 0 Å². The molecule has 3 heterocycles. The van der Waals surface area contributed by atoms with Crippen molar-refractivity contribution in [3.8, 4) is 5.75 Å². The molecule has 2 saturated carbocycles. The monoisotopic (exact) mass is 580 g/mol. The minimum Gasteiger partial charge on any atom is -0.475 e. The maximum atomic E-state index is 13.2. The summed E-state index contributed by atoms with van der Waals surface area (Å²) in [6, 6.07) is 10.1. The largest absolute Gasteiger partial charge is 0.475 e. The zero-order valence-corrected chi connectivity index (χ0v) is 23.6. The van der Waals surface area contributed by atoms with Crippen molar-refractivity contribution in [3.63, 3.8) is 0 Å². The smallest absolute Gasteiger partial charge is 0.281 e. The molecule has 1 spiro atoms. The summed E-state index contributed by atoms with van der Waals surface area (Å²) in [6.45, 7) is 2.81. The molecular weight excluding hydrogens is 548 g/mol. The third kappa shape index (κ3) is 5.43. The number of benzene rings is 1. The molecule has 4 fully saturated rings. The second kappa shape index (κ2) is 10.1. The molecule has 1 amide bonds. The van der Waals surface area contributed by atoms with E-state index in [9.17, 15) is 18.3 Å². The highest BCUT2D eigenvalue weighted by Crippen LogP contribution is 2.54. The number of nitrogens with zero attached hydrogens (tertiary/aromatic N) is 3. The predicted octanol–water partition coefficient (Wildman–Crippen LogP) is 3.22. The van der Waals surface area contributed by atoms with Crippen LogP contribution in [0.25, 0.3) is 0 Å². The molecule has 9 nitrogen and oxygen atoms in total. The lowest BCUT2D eigenvalue weighted by Gasteiger charge is -2.35. The minimum absolute atomic E-state index is 0. The Morgan fingerprint density at radius 3 is 2.42 bits per heavy atom. The molecule has 2 aliphatic carbocycles. The van der Waals surface area contributed by atoms with Crippen molar-refractivity contribution in [2.45, 2.75) is 61.7 Å². The van der Waals surface area contributed by atoms with Gasteiger partial charge >= 0.3 is 0 Å². The van der Waals surface area contributed by atoms with E-state index >= 15 is 0 Å². The number of hydrogen-bond acceptors (Lipinski definition) is 8. The third-order valence-electron chi connectivity index (χ3n) is 8.17. The van der Waals surface area contributed by atoms with Crippen LogP contribution in [0.2, 0.25) is 5.02 Å². The Balaban J connectivity index is 0.00000294. The number of hydrogen-bond donors (Lipinski definition) is 2. The number of rotatable bonds is 7. The number of anilines is 2. The standard InChI is InChI=1S/C26H31ClN4O5S.H2S/c27-18-4-5-20(30-14-11-25(7-8-25)12-15-30)21(16-18)36-26(9-10-26)24(33)29-37(34,35)23-3-1-2-22(28-23)31-13-6-19(32)17-31;/h1-5,16,19,32H,6-15,17H2,(H,29,33);1H2/t19-;/m0./s1. The molecule has 1 aromatic heterocycles. The molecule has 38 heavy (non-hydrogen) atoms. The second-order valence-corrected chi connectivity index (χ2v) is 12.9. The first kappa shape index (κ1) is 27.4. The summed E-state index contributed by atoms with van der Waals surface area (Å²) >= 11 is 6.28. The van der Waals surface area contributed by atoms with Gasteiger partial charge in [-0.1, -0.05) is 17.7 Å². The van der Waals surface area contributed by atoms with Crippen molar-refractivity contribution >= 4 is 52.5 Å². The quantitative estimate of drug-likeness (QED) is 0.513. The number of ether oxygens (including phenoxy) is 1. The molecule has 0 bridgehead atoms. The number of aliphatic hydroxyl groups excluding tert-OH is 1. The summed E-state index contributed by atoms with van der Waals surface area (Å²) in [7, 11) is -4.22. The van der Waals surface area contributed by atoms with Crippen LogP contribution in [0.1, 0.15) is 44.9 Å². The molecule has 206 valence electrons. The van der Waals surface area contributed by atoms with Gasteiger partial charge in [-0.3, -0.25) is 4.79 Å². The molecule has 2 saturated heterocycles. The highest BCUT2D eigenvalue weighted by molar-refractivity contribution is 7.90. The van der Waals surface area contributed by atoms with Crippen molar-refractivity contribution in [1.82, 2.24) is 9.71 Å². The molecule has 4 aliphatic rings. The van der Waals surface area contributed by atoms with E-state index in [0.717, 1.165) is 31.6 Å². The number of carbonyl (C=O) groups excluding carboxylic acids is 1. The highest BCUT2D eigenvalue weighted by atomic mass is 35.5. The fourth-order valence-corrected chi connectivity index (χ4v) is 6.54. The van der Waals surface area contributed by atoms with E-state index in [-0.39, 0.29) is 18.5 Å². The summed E-state index contributed by atoms with van der Waals surface area (Å²) in [5.41, 5.74) is 0.135. The Bertz CT molecular complexity index is 1320. The maximum absolute atomic E-state index is 13.2. The van der Waals surface area contributed by atoms with E-state index in [1.165, 1.54) is 18.9 Å². The molecule has 0 unspecified atom stereocenters. The molecule has 6 rings (SSSR count). The average molecular weight is 581 g/mol. The van der Waals surface area contributed by atoms with E-state index in [2.05, 4.69) is 14.6 Å². The lowest BCUT2D eigenvalue weighted by Crippen LogP contribution is -2.44. The van der Waals surface area contributed by atoms with Crippen LogP contribution in [0.5, 0.6) is 5.75 Å². The van der Waals surface area contributed by atoms with Gasteiger partial charge in [0, 0.05) is 50.1 Å². The number of nitrogens with one attached hydrogen (secondary N) is 1. The maximum Gasteiger partial charge on any atom is 0.281 e. The van der Waals surface area contributed by atoms with Crippen LogP contribution in [-0.4, -0.2) is 62.3 Å². The Morgan fingerprint density at radius 2 is 1.79 bits per heavy atom. The van der Waals surface area contributed by atoms with E-state index in [4.69, 9.17) is 16.3 Å². The van der Waals surface area contributed by atoms with Gasteiger partial charge in [-0.05, 0) is 61.8 Å². The van der Waals surface area contributed by atoms with Crippen LogP contribution in [0.3, 0.4) is 0 Å². The van der Waals surface area contributed by atoms with Gasteiger partial charge in [0.1, 0.15) is 11.6 Å². The number of β-amino-alcohol motifs (C(OH)–C–C–N with tert-alkyl or cyclic N) is 1. The predicted molar refractivity (Wildman–Crippen MR) is 150 cm³/mol. The lowest BCUT2D eigenvalue weighted by molar-refractivity contribution is -0.127. The van der Waals surface area contributed by atoms with Crippen molar-refractivity contribution in [3.05, 3.63) is 41.4 Å². The fourth-order valence-electron chi connectivity index (χ4n) is 5.38. The SMILES string of the molecule is O=C(NS(=O)(=O)c1cccc(N2CC[C@H](O)C2)n1)C1(Oc2cc(Cl)ccc2N2CCC3(CC2)CC3)CC1.S. The Labute approximate surface area is 235 Å². The number of carbonyl (C=O) groups is 1. The normalized spacial score (nSPS) is 23.1. The minimum atomic E-state index is -4.22. The molecule has 12 heteroatoms. The Morgan fingerprint density at radius 1 is 1.05 bits per heavy atom. The molecule has 2 aromatic rings. The number of pyridine rings is 1. The summed E-state index contributed by atoms with van der Waals surface area (Å²) in [5, 5.41) is 10.0. The first-order valence-electron chi connectivity index (χ1n) is 12.9. The lowest BCUT2D eigenvalue weighted by atomic mass is 9.93. The summed E-state index contributed by atoms with van der Waals surface area (Å²) in [6.07, 6.45) is 5.83. The third-order valence-corrected chi connectivity index (χ3v) is 9.63. The van der Waals surface area contributed by atoms with Gasteiger partial charge in [0.15, 0.2) is 10.6 Å². The number of amides is 1. The number of aromatic nitrogens is 1. The van der Waals surface area contributed by atoms with Gasteiger partial charge < -0.3 is 19.6 Å². The van der Waals surface area contributed by atoms with Crippen LogP contribution in [0, 0.1) is 5.41 Å². The fraction of sp³-hybridized carbons (Fsp3) is 0.538. The number of sulfonamides is 1. The van der Waals surface area contributed by atoms with E-state index in [1.54, 1.807) is 18.2 Å². The topological polar surface area (TPSA) is 112 Å². The van der Waals surface area contributed by atoms with E-state index in [1.807, 2.05) is 17.0 Å². The van der Waals surface area contributed by atoms with Crippen LogP contribution in [0.15, 0.2) is 41.4 Å². The van der Waals surface area contributed by atoms with Crippen LogP contribution >= 0.6 is 25.1 Å². The number of aliphatic hydroxyl groups is 1. The van der Waals surface area contributed by atoms with Gasteiger partial charge in [0.05, 0.1) is 11.8 Å². The number of piperidine rings is 1. The summed E-state index contributed by atoms with van der Waals surface area (Å²) < 4.78 is 34.6. The van der Waals surface area contributed by atoms with Gasteiger partial charge in [0.2, 0.25) is 0 Å². The van der Waals surface area contributed by atoms with Crippen molar-refractivity contribution in [2.75, 3.05) is 36.0 Å². The highest BCUT2D eigenvalue weighted by Gasteiger charge is 2.55. The molecule has 1 aromatic carbocycles. The van der Waals surface area contributed by atoms with Crippen LogP contribution in [-0.2, 0) is 14.8 Å². The Kier molecular flexibility index (Phi) is 7.25. The summed E-state index contributed by atoms with van der Waals surface area (Å²) in [4.78, 5) is 21.6. The van der Waals surface area contributed by atoms with E-state index < -0.39 is 27.6 Å². The zero-order chi connectivity index (χ0) is 25.8. The second-order valence-electron chi connectivity index (χ2n) is 10.9. The molecule has 2 aliphatic heterocycles. The van der Waals surface area contributed by atoms with E-state index in [0.29, 0.717) is 54.4 Å². The summed E-state index contributed by atoms with van der Waals surface area (Å²) in [5.74, 6) is 0.233. The Hall–Kier alpha value is -2.21. The van der Waals surface area contributed by atoms with Gasteiger partial charge in [0.25, 0.3) is 15.9 Å². The van der Waals surface area contributed by atoms with Crippen LogP contribution < -0.4 is 19.3 Å². The molecule has 1 atom stereocenters. The van der Waals surface area contributed by atoms with Gasteiger partial charge in [-0.25, -0.2) is 9.71 Å². The van der Waals surface area contributed by atoms with Crippen molar-refractivity contribution in [1.29, 1.82) is 0 Å². The van der Waals surface area contributed by atoms with Crippen molar-refractivity contribution in [2.24, 2.45) is 5.41 Å². The van der Waals surface area contributed by atoms with Gasteiger partial charge in [-0.2, -0.15) is 21.9 Å². The average Bonchev–Trinajstić information content (AvgIpc) is 3.78. The zero-order valence-electron chi connectivity index (χ0n) is 21.0. The van der Waals surface area contributed by atoms with Crippen LogP contribution in [0.4, 0.5) is 11.5 Å². The first-order chi connectivity index (χ1) is 17.7. The molecular formula is C26H33ClN4O5S2. The van der Waals surface area contributed by atoms with Crippen molar-refractivity contribution < 1.29 is 23.1 Å². The molecule has 0 radical (unpaired) electrons.